The quantitative estimate of drug-likeness (QED) is 0.0697. The third kappa shape index (κ3) is 12.6. The first kappa shape index (κ1) is 54.6. The summed E-state index contributed by atoms with van der Waals surface area (Å²) in [4.78, 5) is 29.9. The maximum atomic E-state index is 11.2. The van der Waals surface area contributed by atoms with Crippen molar-refractivity contribution in [1.82, 2.24) is 0 Å². The number of nitro benzene ring substituents is 2. The number of para-hydroxylation sites is 2. The molecule has 10 heteroatoms. The van der Waals surface area contributed by atoms with E-state index in [0.717, 1.165) is 79.1 Å². The number of hydrogen-bond acceptors (Lipinski definition) is 8. The number of non-ortho nitro benzene ring substituents is 2. The molecule has 0 aliphatic heterocycles. The number of anilines is 10. The lowest BCUT2D eigenvalue weighted by Crippen LogP contribution is -2.10. The zero-order valence-electron chi connectivity index (χ0n) is 46.3. The van der Waals surface area contributed by atoms with E-state index in [2.05, 4.69) is 240 Å². The Balaban J connectivity index is 0.000000175. The minimum absolute atomic E-state index is 0.0763. The lowest BCUT2D eigenvalue weighted by Gasteiger charge is -2.26. The van der Waals surface area contributed by atoms with Crippen molar-refractivity contribution < 1.29 is 9.85 Å². The monoisotopic (exact) mass is 1090 g/mol. The molecule has 0 bridgehead atoms. The van der Waals surface area contributed by atoms with Gasteiger partial charge in [-0.1, -0.05) is 176 Å². The van der Waals surface area contributed by atoms with Gasteiger partial charge >= 0.3 is 0 Å². The highest BCUT2D eigenvalue weighted by molar-refractivity contribution is 5.83. The van der Waals surface area contributed by atoms with Crippen LogP contribution < -0.4 is 19.6 Å². The molecule has 0 N–H and O–H groups in total. The van der Waals surface area contributed by atoms with E-state index < -0.39 is 0 Å². The van der Waals surface area contributed by atoms with Crippen LogP contribution in [-0.4, -0.2) is 23.9 Å². The van der Waals surface area contributed by atoms with E-state index in [0.29, 0.717) is 0 Å². The van der Waals surface area contributed by atoms with Gasteiger partial charge in [0.2, 0.25) is 0 Å². The largest absolute Gasteiger partial charge is 0.345 e. The van der Waals surface area contributed by atoms with E-state index in [1.807, 2.05) is 66.4 Å². The fourth-order valence-corrected chi connectivity index (χ4v) is 10.2. The Morgan fingerprint density at radius 1 is 0.226 bits per heavy atom. The zero-order valence-corrected chi connectivity index (χ0v) is 46.3. The zero-order chi connectivity index (χ0) is 57.8. The molecule has 0 spiro atoms. The molecule has 12 aromatic rings. The molecule has 12 rings (SSSR count). The Morgan fingerprint density at radius 3 is 0.857 bits per heavy atom. The molecule has 0 aliphatic carbocycles. The van der Waals surface area contributed by atoms with Crippen LogP contribution in [0.3, 0.4) is 0 Å². The van der Waals surface area contributed by atoms with Gasteiger partial charge < -0.3 is 19.6 Å². The van der Waals surface area contributed by atoms with Gasteiger partial charge in [-0.25, -0.2) is 0 Å². The summed E-state index contributed by atoms with van der Waals surface area (Å²) in [7, 11) is 3.86. The van der Waals surface area contributed by atoms with Crippen molar-refractivity contribution in [1.29, 1.82) is 0 Å². The van der Waals surface area contributed by atoms with Crippen LogP contribution in [0.4, 0.5) is 68.2 Å². The Kier molecular flexibility index (Phi) is 16.5. The van der Waals surface area contributed by atoms with Gasteiger partial charge in [0.25, 0.3) is 11.4 Å². The smallest absolute Gasteiger partial charge is 0.271 e. The molecule has 12 aromatic carbocycles. The molecular weight excluding hydrogens is 1040 g/mol. The van der Waals surface area contributed by atoms with Crippen LogP contribution in [0.1, 0.15) is 0 Å². The van der Waals surface area contributed by atoms with E-state index in [1.54, 1.807) is 24.3 Å². The predicted molar refractivity (Wildman–Crippen MR) is 346 cm³/mol. The summed E-state index contributed by atoms with van der Waals surface area (Å²) in [6, 6.07) is 106. The summed E-state index contributed by atoms with van der Waals surface area (Å²) in [5.74, 6) is 0. The lowest BCUT2D eigenvalue weighted by atomic mass is 10.0. The Morgan fingerprint density at radius 2 is 0.488 bits per heavy atom. The standard InChI is InChI=1S/2C37H29N3O2/c1-38(35-15-9-17-37(27-35)40(41)42)32-22-18-29(19-23-32)30-20-24-34(25-21-30)39(33-13-6-3-7-14-33)36-16-8-12-31(26-36)28-10-4-2-5-11-28;1-38(33-23-25-36(26-24-33)40(41)42)32-19-15-29(16-20-32)30-17-21-35(22-18-30)39(34-12-6-3-7-13-34)37-14-8-11-31(27-37)28-9-4-2-5-10-28/h2*2-27H,1H3. The Bertz CT molecular complexity index is 4130. The molecule has 408 valence electrons. The molecule has 0 aliphatic rings. The number of rotatable bonds is 16. The predicted octanol–water partition coefficient (Wildman–Crippen LogP) is 20.3. The van der Waals surface area contributed by atoms with Gasteiger partial charge in [0.1, 0.15) is 0 Å². The normalized spacial score (nSPS) is 10.7. The fraction of sp³-hybridized carbons (Fsp3) is 0.0270. The number of nitro groups is 2. The SMILES string of the molecule is CN(c1ccc(-c2ccc(N(c3ccccc3)c3cccc(-c4ccccc4)c3)cc2)cc1)c1ccc([N+](=O)[O-])cc1.CN(c1ccc(-c2ccc(N(c3ccccc3)c3cccc(-c4ccccc4)c3)cc2)cc1)c1cccc([N+](=O)[O-])c1. The topological polar surface area (TPSA) is 99.2 Å². The third-order valence-electron chi connectivity index (χ3n) is 14.8. The van der Waals surface area contributed by atoms with Crippen LogP contribution in [0.2, 0.25) is 0 Å². The summed E-state index contributed by atoms with van der Waals surface area (Å²) >= 11 is 0. The van der Waals surface area contributed by atoms with Gasteiger partial charge in [-0.3, -0.25) is 20.2 Å². The molecular formula is C74H58N6O4. The van der Waals surface area contributed by atoms with Crippen LogP contribution in [0, 0.1) is 20.2 Å². The maximum absolute atomic E-state index is 11.2. The van der Waals surface area contributed by atoms with Crippen LogP contribution in [0.15, 0.2) is 315 Å². The van der Waals surface area contributed by atoms with Gasteiger partial charge in [0.05, 0.1) is 9.85 Å². The fourth-order valence-electron chi connectivity index (χ4n) is 10.2. The average molecular weight is 1100 g/mol. The van der Waals surface area contributed by atoms with E-state index >= 15 is 0 Å². The maximum Gasteiger partial charge on any atom is 0.271 e. The van der Waals surface area contributed by atoms with Crippen molar-refractivity contribution in [2.75, 3.05) is 33.7 Å². The van der Waals surface area contributed by atoms with Gasteiger partial charge in [-0.2, -0.15) is 0 Å². The molecule has 0 radical (unpaired) electrons. The van der Waals surface area contributed by atoms with Gasteiger partial charge in [0.15, 0.2) is 0 Å². The van der Waals surface area contributed by atoms with Crippen LogP contribution in [-0.2, 0) is 0 Å². The highest BCUT2D eigenvalue weighted by Crippen LogP contribution is 2.40. The summed E-state index contributed by atoms with van der Waals surface area (Å²) in [6.45, 7) is 0. The molecule has 0 saturated carbocycles. The number of nitrogens with zero attached hydrogens (tertiary/aromatic N) is 6. The van der Waals surface area contributed by atoms with Crippen molar-refractivity contribution in [2.24, 2.45) is 0 Å². The van der Waals surface area contributed by atoms with Crippen molar-refractivity contribution in [3.63, 3.8) is 0 Å². The third-order valence-corrected chi connectivity index (χ3v) is 14.8. The molecule has 10 nitrogen and oxygen atoms in total. The van der Waals surface area contributed by atoms with Gasteiger partial charge in [-0.15, -0.1) is 0 Å². The summed E-state index contributed by atoms with van der Waals surface area (Å²) < 4.78 is 0. The average Bonchev–Trinajstić information content (AvgIpc) is 3.71. The molecule has 0 saturated heterocycles. The second-order valence-corrected chi connectivity index (χ2v) is 20.0. The van der Waals surface area contributed by atoms with Crippen LogP contribution >= 0.6 is 0 Å². The number of hydrogen-bond donors (Lipinski definition) is 0. The van der Waals surface area contributed by atoms with Crippen molar-refractivity contribution in [2.45, 2.75) is 0 Å². The molecule has 0 aromatic heterocycles. The second-order valence-electron chi connectivity index (χ2n) is 20.0. The molecule has 0 unspecified atom stereocenters. The molecule has 0 atom stereocenters. The minimum Gasteiger partial charge on any atom is -0.345 e. The first-order valence-electron chi connectivity index (χ1n) is 27.5. The van der Waals surface area contributed by atoms with Crippen LogP contribution in [0.5, 0.6) is 0 Å². The first-order chi connectivity index (χ1) is 41.1. The highest BCUT2D eigenvalue weighted by Gasteiger charge is 2.17. The van der Waals surface area contributed by atoms with Gasteiger partial charge in [-0.05, 0) is 160 Å². The van der Waals surface area contributed by atoms with Crippen molar-refractivity contribution in [3.05, 3.63) is 336 Å². The second kappa shape index (κ2) is 25.4. The lowest BCUT2D eigenvalue weighted by molar-refractivity contribution is -0.385. The van der Waals surface area contributed by atoms with E-state index in [4.69, 9.17) is 0 Å². The molecule has 0 amide bonds. The highest BCUT2D eigenvalue weighted by atomic mass is 16.6. The molecule has 84 heavy (non-hydrogen) atoms. The van der Waals surface area contributed by atoms with E-state index in [-0.39, 0.29) is 21.2 Å². The Labute approximate surface area is 489 Å². The minimum atomic E-state index is -0.384. The first-order valence-corrected chi connectivity index (χ1v) is 27.5. The van der Waals surface area contributed by atoms with Gasteiger partial charge in [0, 0.05) is 95.2 Å². The summed E-state index contributed by atoms with van der Waals surface area (Å²) in [5.41, 5.74) is 19.4. The summed E-state index contributed by atoms with van der Waals surface area (Å²) in [6.07, 6.45) is 0. The van der Waals surface area contributed by atoms with E-state index in [1.165, 1.54) is 40.5 Å². The number of benzene rings is 12. The van der Waals surface area contributed by atoms with Crippen LogP contribution in [0.25, 0.3) is 44.5 Å². The van der Waals surface area contributed by atoms with E-state index in [9.17, 15) is 20.2 Å². The van der Waals surface area contributed by atoms with Crippen molar-refractivity contribution >= 4 is 68.2 Å². The Hall–Kier alpha value is -11.4. The summed E-state index contributed by atoms with van der Waals surface area (Å²) in [5, 5.41) is 22.2. The molecule has 0 fully saturated rings. The molecule has 0 heterocycles. The van der Waals surface area contributed by atoms with Crippen molar-refractivity contribution in [3.8, 4) is 44.5 Å².